The molecule has 0 fully saturated rings. The van der Waals surface area contributed by atoms with Gasteiger partial charge in [0, 0.05) is 48.3 Å². The van der Waals surface area contributed by atoms with Crippen LogP contribution in [0.2, 0.25) is 0 Å². The maximum Gasteiger partial charge on any atom is 0.339 e. The number of ether oxygens (including phenoxy) is 1. The van der Waals surface area contributed by atoms with Gasteiger partial charge in [0.1, 0.15) is 11.3 Å². The van der Waals surface area contributed by atoms with Crippen molar-refractivity contribution >= 4 is 17.5 Å². The summed E-state index contributed by atoms with van der Waals surface area (Å²) < 4.78 is 5.17. The van der Waals surface area contributed by atoms with Crippen LogP contribution in [0.5, 0.6) is 5.75 Å². The van der Waals surface area contributed by atoms with Gasteiger partial charge >= 0.3 is 5.97 Å². The third-order valence-corrected chi connectivity index (χ3v) is 6.03. The number of carbonyl (C=O) groups excluding carboxylic acids is 2. The van der Waals surface area contributed by atoms with Crippen LogP contribution in [-0.2, 0) is 9.59 Å². The zero-order valence-electron chi connectivity index (χ0n) is 16.1. The second kappa shape index (κ2) is 6.93. The van der Waals surface area contributed by atoms with Gasteiger partial charge in [0.25, 0.3) is 0 Å². The molecule has 0 saturated heterocycles. The summed E-state index contributed by atoms with van der Waals surface area (Å²) in [6, 6.07) is 4.94. The predicted octanol–water partition coefficient (Wildman–Crippen LogP) is 3.44. The Morgan fingerprint density at radius 1 is 1.04 bits per heavy atom. The van der Waals surface area contributed by atoms with Gasteiger partial charge in [-0.25, -0.2) is 4.79 Å². The lowest BCUT2D eigenvalue weighted by atomic mass is 9.71. The van der Waals surface area contributed by atoms with Crippen LogP contribution in [0.15, 0.2) is 40.7 Å². The van der Waals surface area contributed by atoms with Crippen LogP contribution >= 0.6 is 0 Å². The quantitative estimate of drug-likeness (QED) is 0.864. The zero-order valence-corrected chi connectivity index (χ0v) is 16.1. The number of carbonyl (C=O) groups is 3. The molecule has 4 rings (SSSR count). The van der Waals surface area contributed by atoms with Crippen LogP contribution in [0.1, 0.15) is 60.4 Å². The number of hydrogen-bond acceptors (Lipinski definition) is 5. The zero-order chi connectivity index (χ0) is 20.0. The van der Waals surface area contributed by atoms with Crippen molar-refractivity contribution in [2.24, 2.45) is 0 Å². The summed E-state index contributed by atoms with van der Waals surface area (Å²) in [7, 11) is 3.36. The number of aromatic carboxylic acids is 1. The van der Waals surface area contributed by atoms with Crippen molar-refractivity contribution in [1.82, 2.24) is 4.90 Å². The van der Waals surface area contributed by atoms with Gasteiger partial charge < -0.3 is 14.7 Å². The molecule has 0 spiro atoms. The van der Waals surface area contributed by atoms with Gasteiger partial charge in [0.15, 0.2) is 11.6 Å². The van der Waals surface area contributed by atoms with Crippen molar-refractivity contribution < 1.29 is 24.2 Å². The lowest BCUT2D eigenvalue weighted by Gasteiger charge is -2.42. The maximum absolute atomic E-state index is 12.9. The van der Waals surface area contributed by atoms with E-state index in [1.807, 2.05) is 11.9 Å². The minimum atomic E-state index is -1.10. The van der Waals surface area contributed by atoms with Crippen molar-refractivity contribution in [3.8, 4) is 5.75 Å². The van der Waals surface area contributed by atoms with Gasteiger partial charge in [-0.05, 0) is 43.4 Å². The third kappa shape index (κ3) is 2.75. The van der Waals surface area contributed by atoms with Gasteiger partial charge in [-0.15, -0.1) is 0 Å². The molecular weight excluding hydrogens is 358 g/mol. The molecule has 3 aliphatic rings. The average molecular weight is 381 g/mol. The number of nitrogens with zero attached hydrogens (tertiary/aromatic N) is 1. The SMILES string of the molecule is COc1ccc(C2C3=C(CCCC3=O)N(C)C3=C2C(=O)CCC3)cc1C(=O)O. The van der Waals surface area contributed by atoms with Gasteiger partial charge in [0.2, 0.25) is 0 Å². The Bertz CT molecular complexity index is 912. The van der Waals surface area contributed by atoms with Crippen LogP contribution in [0.3, 0.4) is 0 Å². The van der Waals surface area contributed by atoms with E-state index in [4.69, 9.17) is 4.74 Å². The predicted molar refractivity (Wildman–Crippen MR) is 102 cm³/mol. The summed E-state index contributed by atoms with van der Waals surface area (Å²) >= 11 is 0. The van der Waals surface area contributed by atoms with Crippen molar-refractivity contribution in [1.29, 1.82) is 0 Å². The smallest absolute Gasteiger partial charge is 0.339 e. The Kier molecular flexibility index (Phi) is 4.57. The van der Waals surface area contributed by atoms with Crippen LogP contribution < -0.4 is 4.74 Å². The first-order valence-electron chi connectivity index (χ1n) is 9.61. The average Bonchev–Trinajstić information content (AvgIpc) is 2.69. The van der Waals surface area contributed by atoms with Crippen LogP contribution in [0.25, 0.3) is 0 Å². The molecule has 1 N–H and O–H groups in total. The van der Waals surface area contributed by atoms with E-state index in [1.165, 1.54) is 7.11 Å². The molecular formula is C22H23NO5. The molecule has 2 aliphatic carbocycles. The van der Waals surface area contributed by atoms with Crippen LogP contribution in [0.4, 0.5) is 0 Å². The summed E-state index contributed by atoms with van der Waals surface area (Å²) in [5.41, 5.74) is 3.96. The number of rotatable bonds is 3. The number of hydrogen-bond donors (Lipinski definition) is 1. The summed E-state index contributed by atoms with van der Waals surface area (Å²) in [4.78, 5) is 39.6. The second-order valence-electron chi connectivity index (χ2n) is 7.53. The summed E-state index contributed by atoms with van der Waals surface area (Å²) in [6.45, 7) is 0. The lowest BCUT2D eigenvalue weighted by molar-refractivity contribution is -0.117. The van der Waals surface area contributed by atoms with Gasteiger partial charge in [-0.3, -0.25) is 9.59 Å². The van der Waals surface area contributed by atoms with Crippen molar-refractivity contribution in [2.75, 3.05) is 14.2 Å². The van der Waals surface area contributed by atoms with E-state index in [0.717, 1.165) is 37.1 Å². The van der Waals surface area contributed by atoms with Gasteiger partial charge in [-0.1, -0.05) is 6.07 Å². The molecule has 0 amide bonds. The minimum Gasteiger partial charge on any atom is -0.496 e. The number of ketones is 2. The summed E-state index contributed by atoms with van der Waals surface area (Å²) in [5, 5.41) is 9.58. The molecule has 0 atom stereocenters. The normalized spacial score (nSPS) is 20.3. The van der Waals surface area contributed by atoms with Crippen LogP contribution in [-0.4, -0.2) is 41.7 Å². The summed E-state index contributed by atoms with van der Waals surface area (Å²) in [5.74, 6) is -1.23. The molecule has 1 aromatic carbocycles. The monoisotopic (exact) mass is 381 g/mol. The van der Waals surface area contributed by atoms with Crippen LogP contribution in [0, 0.1) is 0 Å². The first-order valence-corrected chi connectivity index (χ1v) is 9.61. The van der Waals surface area contributed by atoms with Gasteiger partial charge in [-0.2, -0.15) is 0 Å². The van der Waals surface area contributed by atoms with Crippen molar-refractivity contribution in [3.63, 3.8) is 0 Å². The third-order valence-electron chi connectivity index (χ3n) is 6.03. The molecule has 28 heavy (non-hydrogen) atoms. The standard InChI is InChI=1S/C22H23NO5/c1-23-14-5-3-7-16(24)20(14)19(21-15(23)6-4-8-17(21)25)12-9-10-18(28-2)13(11-12)22(26)27/h9-11,19H,3-8H2,1-2H3,(H,26,27). The molecule has 1 heterocycles. The first-order chi connectivity index (χ1) is 13.4. The molecule has 1 aromatic rings. The molecule has 0 saturated carbocycles. The first kappa shape index (κ1) is 18.5. The number of Topliss-reactive ketones (excluding diaryl/α,β-unsaturated/α-hetero) is 2. The largest absolute Gasteiger partial charge is 0.496 e. The highest BCUT2D eigenvalue weighted by molar-refractivity contribution is 6.06. The van der Waals surface area contributed by atoms with E-state index in [0.29, 0.717) is 29.6 Å². The topological polar surface area (TPSA) is 83.9 Å². The van der Waals surface area contributed by atoms with E-state index in [2.05, 4.69) is 0 Å². The number of allylic oxidation sites excluding steroid dienone is 4. The van der Waals surface area contributed by atoms with E-state index in [9.17, 15) is 19.5 Å². The molecule has 6 heteroatoms. The Balaban J connectivity index is 1.96. The Hall–Kier alpha value is -2.89. The van der Waals surface area contributed by atoms with E-state index < -0.39 is 11.9 Å². The molecule has 0 bridgehead atoms. The van der Waals surface area contributed by atoms with Gasteiger partial charge in [0.05, 0.1) is 7.11 Å². The lowest BCUT2D eigenvalue weighted by Crippen LogP contribution is -2.37. The summed E-state index contributed by atoms with van der Waals surface area (Å²) in [6.07, 6.45) is 4.11. The Morgan fingerprint density at radius 2 is 1.61 bits per heavy atom. The number of carboxylic acids is 1. The maximum atomic E-state index is 12.9. The molecule has 0 radical (unpaired) electrons. The fourth-order valence-corrected chi connectivity index (χ4v) is 4.76. The van der Waals surface area contributed by atoms with Crippen molar-refractivity contribution in [3.05, 3.63) is 51.9 Å². The van der Waals surface area contributed by atoms with E-state index in [1.54, 1.807) is 18.2 Å². The minimum absolute atomic E-state index is 0.0368. The highest BCUT2D eigenvalue weighted by atomic mass is 16.5. The molecule has 0 unspecified atom stereocenters. The fraction of sp³-hybridized carbons (Fsp3) is 0.409. The second-order valence-corrected chi connectivity index (χ2v) is 7.53. The number of carboxylic acid groups (broad SMARTS) is 1. The highest BCUT2D eigenvalue weighted by Crippen LogP contribution is 2.48. The molecule has 6 nitrogen and oxygen atoms in total. The Labute approximate surface area is 163 Å². The molecule has 0 aromatic heterocycles. The fourth-order valence-electron chi connectivity index (χ4n) is 4.76. The van der Waals surface area contributed by atoms with E-state index >= 15 is 0 Å². The number of benzene rings is 1. The number of methoxy groups -OCH3 is 1. The molecule has 1 aliphatic heterocycles. The Morgan fingerprint density at radius 3 is 2.11 bits per heavy atom. The van der Waals surface area contributed by atoms with E-state index in [-0.39, 0.29) is 22.9 Å². The molecule has 146 valence electrons. The van der Waals surface area contributed by atoms with Crippen molar-refractivity contribution in [2.45, 2.75) is 44.4 Å². The highest BCUT2D eigenvalue weighted by Gasteiger charge is 2.42.